The Kier molecular flexibility index (Phi) is 3.83. The molecule has 0 heterocycles. The van der Waals surface area contributed by atoms with Gasteiger partial charge < -0.3 is 10.8 Å². The number of halogens is 3. The highest BCUT2D eigenvalue weighted by Gasteiger charge is 2.16. The van der Waals surface area contributed by atoms with E-state index in [1.54, 1.807) is 12.1 Å². The monoisotopic (exact) mass is 265 g/mol. The van der Waals surface area contributed by atoms with Gasteiger partial charge in [-0.15, -0.1) is 0 Å². The average molecular weight is 266 g/mol. The first-order valence-corrected chi connectivity index (χ1v) is 4.82. The number of para-hydroxylation sites is 1. The number of phenolic OH excluding ortho intramolecular Hbond substituents is 1. The predicted octanol–water partition coefficient (Wildman–Crippen LogP) is 2.81. The minimum atomic E-state index is -2.47. The third kappa shape index (κ3) is 2.65. The van der Waals surface area contributed by atoms with E-state index < -0.39 is 18.9 Å². The van der Waals surface area contributed by atoms with Crippen LogP contribution < -0.4 is 5.73 Å². The van der Waals surface area contributed by atoms with E-state index in [4.69, 9.17) is 5.73 Å². The molecule has 0 aliphatic heterocycles. The Morgan fingerprint density at radius 2 is 2.07 bits per heavy atom. The number of aromatic hydroxyl groups is 1. The normalized spacial score (nSPS) is 13.2. The molecule has 0 bridgehead atoms. The van der Waals surface area contributed by atoms with Crippen LogP contribution in [0.1, 0.15) is 18.0 Å². The van der Waals surface area contributed by atoms with Gasteiger partial charge in [0, 0.05) is 18.0 Å². The van der Waals surface area contributed by atoms with Crippen molar-refractivity contribution in [2.45, 2.75) is 18.9 Å². The van der Waals surface area contributed by atoms with Gasteiger partial charge in [-0.05, 0) is 22.0 Å². The van der Waals surface area contributed by atoms with Crippen molar-refractivity contribution in [3.63, 3.8) is 0 Å². The van der Waals surface area contributed by atoms with Gasteiger partial charge in [0.2, 0.25) is 6.43 Å². The maximum Gasteiger partial charge on any atom is 0.240 e. The summed E-state index contributed by atoms with van der Waals surface area (Å²) >= 11 is 3.09. The number of alkyl halides is 2. The molecule has 0 fully saturated rings. The molecule has 0 aliphatic carbocycles. The van der Waals surface area contributed by atoms with Crippen LogP contribution in [-0.2, 0) is 0 Å². The molecular formula is C9H10BrF2NO. The van der Waals surface area contributed by atoms with Gasteiger partial charge >= 0.3 is 0 Å². The molecule has 0 saturated heterocycles. The number of hydrogen-bond donors (Lipinski definition) is 2. The second kappa shape index (κ2) is 4.70. The second-order valence-electron chi connectivity index (χ2n) is 2.91. The van der Waals surface area contributed by atoms with E-state index >= 15 is 0 Å². The second-order valence-corrected chi connectivity index (χ2v) is 3.77. The van der Waals surface area contributed by atoms with Crippen LogP contribution in [0.15, 0.2) is 22.7 Å². The first kappa shape index (κ1) is 11.4. The third-order valence-corrected chi connectivity index (χ3v) is 2.49. The summed E-state index contributed by atoms with van der Waals surface area (Å²) in [6.45, 7) is 0. The van der Waals surface area contributed by atoms with E-state index in [0.717, 1.165) is 0 Å². The summed E-state index contributed by atoms with van der Waals surface area (Å²) in [4.78, 5) is 0. The molecule has 78 valence electrons. The molecule has 0 radical (unpaired) electrons. The molecule has 0 aliphatic rings. The van der Waals surface area contributed by atoms with Crippen LogP contribution in [0.4, 0.5) is 8.78 Å². The number of hydrogen-bond acceptors (Lipinski definition) is 2. The predicted molar refractivity (Wildman–Crippen MR) is 53.4 cm³/mol. The van der Waals surface area contributed by atoms with Crippen molar-refractivity contribution < 1.29 is 13.9 Å². The molecule has 0 amide bonds. The van der Waals surface area contributed by atoms with Crippen LogP contribution in [-0.4, -0.2) is 11.5 Å². The van der Waals surface area contributed by atoms with Crippen LogP contribution in [0.5, 0.6) is 5.75 Å². The average Bonchev–Trinajstić information content (AvgIpc) is 2.08. The summed E-state index contributed by atoms with van der Waals surface area (Å²) in [5.74, 6) is -0.0688. The van der Waals surface area contributed by atoms with Crippen LogP contribution in [0.25, 0.3) is 0 Å². The lowest BCUT2D eigenvalue weighted by molar-refractivity contribution is 0.128. The lowest BCUT2D eigenvalue weighted by Crippen LogP contribution is -2.14. The zero-order chi connectivity index (χ0) is 10.7. The van der Waals surface area contributed by atoms with Gasteiger partial charge in [0.1, 0.15) is 5.75 Å². The number of benzene rings is 1. The number of phenols is 1. The minimum Gasteiger partial charge on any atom is -0.506 e. The van der Waals surface area contributed by atoms with Crippen LogP contribution >= 0.6 is 15.9 Å². The zero-order valence-corrected chi connectivity index (χ0v) is 8.84. The lowest BCUT2D eigenvalue weighted by Gasteiger charge is -2.13. The van der Waals surface area contributed by atoms with Gasteiger partial charge in [0.05, 0.1) is 4.47 Å². The summed E-state index contributed by atoms with van der Waals surface area (Å²) in [6.07, 6.45) is -2.92. The summed E-state index contributed by atoms with van der Waals surface area (Å²) in [6, 6.07) is 3.96. The van der Waals surface area contributed by atoms with Crippen molar-refractivity contribution in [1.82, 2.24) is 0 Å². The first-order valence-electron chi connectivity index (χ1n) is 4.03. The van der Waals surface area contributed by atoms with Crippen LogP contribution in [0, 0.1) is 0 Å². The quantitative estimate of drug-likeness (QED) is 0.883. The van der Waals surface area contributed by atoms with Gasteiger partial charge in [-0.2, -0.15) is 0 Å². The maximum absolute atomic E-state index is 12.0. The molecule has 1 aromatic rings. The molecule has 1 rings (SSSR count). The van der Waals surface area contributed by atoms with Crippen molar-refractivity contribution in [1.29, 1.82) is 0 Å². The molecule has 0 unspecified atom stereocenters. The van der Waals surface area contributed by atoms with Crippen molar-refractivity contribution in [3.8, 4) is 5.75 Å². The summed E-state index contributed by atoms with van der Waals surface area (Å²) in [5, 5.41) is 9.51. The Morgan fingerprint density at radius 3 is 2.64 bits per heavy atom. The van der Waals surface area contributed by atoms with Gasteiger partial charge in [-0.25, -0.2) is 8.78 Å². The Balaban J connectivity index is 2.89. The van der Waals surface area contributed by atoms with E-state index in [2.05, 4.69) is 15.9 Å². The molecule has 0 spiro atoms. The van der Waals surface area contributed by atoms with Crippen molar-refractivity contribution >= 4 is 15.9 Å². The third-order valence-electron chi connectivity index (χ3n) is 1.85. The molecule has 1 atom stereocenters. The Bertz CT molecular complexity index is 320. The van der Waals surface area contributed by atoms with E-state index in [9.17, 15) is 13.9 Å². The molecular weight excluding hydrogens is 256 g/mol. The Morgan fingerprint density at radius 1 is 1.43 bits per heavy atom. The fourth-order valence-electron chi connectivity index (χ4n) is 1.15. The highest BCUT2D eigenvalue weighted by atomic mass is 79.9. The lowest BCUT2D eigenvalue weighted by atomic mass is 10.0. The van der Waals surface area contributed by atoms with E-state index in [-0.39, 0.29) is 5.75 Å². The highest BCUT2D eigenvalue weighted by molar-refractivity contribution is 9.10. The summed E-state index contributed by atoms with van der Waals surface area (Å²) in [5.41, 5.74) is 5.84. The van der Waals surface area contributed by atoms with Crippen LogP contribution in [0.2, 0.25) is 0 Å². The first-order chi connectivity index (χ1) is 6.52. The topological polar surface area (TPSA) is 46.2 Å². The molecule has 0 aromatic heterocycles. The SMILES string of the molecule is N[C@H](CC(F)F)c1cccc(Br)c1O. The van der Waals surface area contributed by atoms with E-state index in [0.29, 0.717) is 10.0 Å². The van der Waals surface area contributed by atoms with Crippen molar-refractivity contribution in [2.24, 2.45) is 5.73 Å². The molecule has 2 nitrogen and oxygen atoms in total. The summed E-state index contributed by atoms with van der Waals surface area (Å²) in [7, 11) is 0. The van der Waals surface area contributed by atoms with Gasteiger partial charge in [0.15, 0.2) is 0 Å². The number of rotatable bonds is 3. The fraction of sp³-hybridized carbons (Fsp3) is 0.333. The minimum absolute atomic E-state index is 0.0688. The zero-order valence-electron chi connectivity index (χ0n) is 7.25. The molecule has 5 heteroatoms. The van der Waals surface area contributed by atoms with Gasteiger partial charge in [0.25, 0.3) is 0 Å². The highest BCUT2D eigenvalue weighted by Crippen LogP contribution is 2.32. The van der Waals surface area contributed by atoms with Crippen LogP contribution in [0.3, 0.4) is 0 Å². The maximum atomic E-state index is 12.0. The molecule has 0 saturated carbocycles. The molecule has 14 heavy (non-hydrogen) atoms. The molecule has 3 N–H and O–H groups in total. The van der Waals surface area contributed by atoms with Gasteiger partial charge in [-0.1, -0.05) is 12.1 Å². The summed E-state index contributed by atoms with van der Waals surface area (Å²) < 4.78 is 24.5. The molecule has 1 aromatic carbocycles. The smallest absolute Gasteiger partial charge is 0.240 e. The van der Waals surface area contributed by atoms with E-state index in [1.165, 1.54) is 6.07 Å². The Hall–Kier alpha value is -0.680. The van der Waals surface area contributed by atoms with Gasteiger partial charge in [-0.3, -0.25) is 0 Å². The number of nitrogens with two attached hydrogens (primary N) is 1. The largest absolute Gasteiger partial charge is 0.506 e. The van der Waals surface area contributed by atoms with Crippen molar-refractivity contribution in [3.05, 3.63) is 28.2 Å². The van der Waals surface area contributed by atoms with E-state index in [1.807, 2.05) is 0 Å². The fourth-order valence-corrected chi connectivity index (χ4v) is 1.53. The standard InChI is InChI=1S/C9H10BrF2NO/c10-6-3-1-2-5(9(6)14)7(13)4-8(11)12/h1-3,7-8,14H,4,13H2/t7-/m1/s1. The Labute approximate surface area is 88.9 Å². The van der Waals surface area contributed by atoms with Crippen molar-refractivity contribution in [2.75, 3.05) is 0 Å².